The number of thiophene rings is 1. The second-order valence-corrected chi connectivity index (χ2v) is 5.93. The van der Waals surface area contributed by atoms with Gasteiger partial charge in [0.1, 0.15) is 5.82 Å². The van der Waals surface area contributed by atoms with E-state index in [1.807, 2.05) is 19.3 Å². The minimum absolute atomic E-state index is 0.547. The van der Waals surface area contributed by atoms with E-state index in [-0.39, 0.29) is 0 Å². The summed E-state index contributed by atoms with van der Waals surface area (Å²) in [5, 5.41) is 5.25. The number of aliphatic imine (C=N–C) groups is 1. The van der Waals surface area contributed by atoms with Crippen LogP contribution in [0.3, 0.4) is 0 Å². The Morgan fingerprint density at radius 2 is 2.38 bits per heavy atom. The molecule has 0 atom stereocenters. The van der Waals surface area contributed by atoms with Gasteiger partial charge in [0, 0.05) is 36.9 Å². The van der Waals surface area contributed by atoms with Crippen molar-refractivity contribution >= 4 is 17.3 Å². The summed E-state index contributed by atoms with van der Waals surface area (Å²) >= 11 is 1.77. The van der Waals surface area contributed by atoms with E-state index in [4.69, 9.17) is 5.73 Å². The standard InChI is InChI=1S/C15H23N5S/c1-13-17-9-11-20(13)10-3-2-7-18-15(16)19-8-6-14-5-4-12-21-14/h4-5,9,11-12H,2-3,6-8,10H2,1H3,(H3,16,18,19). The van der Waals surface area contributed by atoms with Gasteiger partial charge in [0.15, 0.2) is 5.96 Å². The van der Waals surface area contributed by atoms with Gasteiger partial charge >= 0.3 is 0 Å². The molecule has 0 bridgehead atoms. The van der Waals surface area contributed by atoms with Crippen LogP contribution in [-0.2, 0) is 13.0 Å². The van der Waals surface area contributed by atoms with Crippen molar-refractivity contribution in [2.24, 2.45) is 10.7 Å². The Hall–Kier alpha value is -1.82. The molecule has 2 rings (SSSR count). The number of guanidine groups is 1. The molecule has 0 aliphatic carbocycles. The number of aromatic nitrogens is 2. The lowest BCUT2D eigenvalue weighted by atomic mass is 10.3. The minimum atomic E-state index is 0.547. The summed E-state index contributed by atoms with van der Waals surface area (Å²) in [6.45, 7) is 4.62. The molecule has 0 unspecified atom stereocenters. The molecule has 2 heterocycles. The van der Waals surface area contributed by atoms with Crippen molar-refractivity contribution in [3.8, 4) is 0 Å². The molecule has 0 fully saturated rings. The van der Waals surface area contributed by atoms with Crippen LogP contribution >= 0.6 is 11.3 Å². The van der Waals surface area contributed by atoms with Gasteiger partial charge in [-0.05, 0) is 37.6 Å². The maximum Gasteiger partial charge on any atom is 0.188 e. The highest BCUT2D eigenvalue weighted by Crippen LogP contribution is 2.07. The molecule has 0 amide bonds. The van der Waals surface area contributed by atoms with E-state index in [2.05, 4.69) is 37.4 Å². The molecule has 3 N–H and O–H groups in total. The molecule has 0 aromatic carbocycles. The Bertz CT molecular complexity index is 544. The van der Waals surface area contributed by atoms with E-state index < -0.39 is 0 Å². The SMILES string of the molecule is Cc1nccn1CCCCN=C(N)NCCc1cccs1. The zero-order valence-corrected chi connectivity index (χ0v) is 13.3. The van der Waals surface area contributed by atoms with E-state index >= 15 is 0 Å². The van der Waals surface area contributed by atoms with Crippen LogP contribution in [0.5, 0.6) is 0 Å². The molecule has 0 spiro atoms. The minimum Gasteiger partial charge on any atom is -0.370 e. The molecule has 2 aromatic heterocycles. The van der Waals surface area contributed by atoms with Gasteiger partial charge in [-0.1, -0.05) is 6.07 Å². The Kier molecular flexibility index (Phi) is 6.27. The molecule has 6 heteroatoms. The highest BCUT2D eigenvalue weighted by molar-refractivity contribution is 7.09. The third kappa shape index (κ3) is 5.59. The lowest BCUT2D eigenvalue weighted by molar-refractivity contribution is 0.601. The lowest BCUT2D eigenvalue weighted by Crippen LogP contribution is -2.33. The summed E-state index contributed by atoms with van der Waals surface area (Å²) in [7, 11) is 0. The number of imidazole rings is 1. The van der Waals surface area contributed by atoms with Crippen LogP contribution in [0.1, 0.15) is 23.5 Å². The van der Waals surface area contributed by atoms with Gasteiger partial charge in [0.05, 0.1) is 0 Å². The molecule has 0 radical (unpaired) electrons. The zero-order valence-electron chi connectivity index (χ0n) is 12.5. The van der Waals surface area contributed by atoms with Gasteiger partial charge in [-0.2, -0.15) is 0 Å². The van der Waals surface area contributed by atoms with Crippen LogP contribution in [0.4, 0.5) is 0 Å². The predicted molar refractivity (Wildman–Crippen MR) is 88.7 cm³/mol. The maximum atomic E-state index is 5.84. The first-order valence-corrected chi connectivity index (χ1v) is 8.17. The Morgan fingerprint density at radius 1 is 1.48 bits per heavy atom. The molecule has 114 valence electrons. The van der Waals surface area contributed by atoms with E-state index in [0.29, 0.717) is 5.96 Å². The Balaban J connectivity index is 1.55. The molecule has 2 aromatic rings. The van der Waals surface area contributed by atoms with Gasteiger partial charge in [0.2, 0.25) is 0 Å². The lowest BCUT2D eigenvalue weighted by Gasteiger charge is -2.05. The quantitative estimate of drug-likeness (QED) is 0.446. The van der Waals surface area contributed by atoms with Crippen LogP contribution in [0.25, 0.3) is 0 Å². The largest absolute Gasteiger partial charge is 0.370 e. The van der Waals surface area contributed by atoms with Gasteiger partial charge < -0.3 is 15.6 Å². The molecule has 0 saturated heterocycles. The van der Waals surface area contributed by atoms with E-state index in [1.54, 1.807) is 11.3 Å². The number of nitrogens with two attached hydrogens (primary N) is 1. The Labute approximate surface area is 129 Å². The number of aryl methyl sites for hydroxylation is 2. The molecule has 0 saturated carbocycles. The highest BCUT2D eigenvalue weighted by Gasteiger charge is 1.97. The van der Waals surface area contributed by atoms with Crippen molar-refractivity contribution in [1.29, 1.82) is 0 Å². The normalized spacial score (nSPS) is 11.8. The highest BCUT2D eigenvalue weighted by atomic mass is 32.1. The van der Waals surface area contributed by atoms with Gasteiger partial charge in [-0.25, -0.2) is 4.98 Å². The van der Waals surface area contributed by atoms with E-state index in [0.717, 1.165) is 44.7 Å². The first-order chi connectivity index (χ1) is 10.3. The first-order valence-electron chi connectivity index (χ1n) is 7.29. The van der Waals surface area contributed by atoms with Crippen molar-refractivity contribution in [2.75, 3.05) is 13.1 Å². The fraction of sp³-hybridized carbons (Fsp3) is 0.467. The number of hydrogen-bond acceptors (Lipinski definition) is 3. The van der Waals surface area contributed by atoms with Gasteiger partial charge in [0.25, 0.3) is 0 Å². The first kappa shape index (κ1) is 15.6. The van der Waals surface area contributed by atoms with Gasteiger partial charge in [-0.15, -0.1) is 11.3 Å². The van der Waals surface area contributed by atoms with Crippen LogP contribution < -0.4 is 11.1 Å². The van der Waals surface area contributed by atoms with Gasteiger partial charge in [-0.3, -0.25) is 4.99 Å². The monoisotopic (exact) mass is 305 g/mol. The summed E-state index contributed by atoms with van der Waals surface area (Å²) in [4.78, 5) is 9.92. The molecule has 0 aliphatic heterocycles. The number of rotatable bonds is 8. The summed E-state index contributed by atoms with van der Waals surface area (Å²) in [5.74, 6) is 1.61. The second kappa shape index (κ2) is 8.46. The fourth-order valence-electron chi connectivity index (χ4n) is 2.06. The number of hydrogen-bond donors (Lipinski definition) is 2. The smallest absolute Gasteiger partial charge is 0.188 e. The van der Waals surface area contributed by atoms with Crippen molar-refractivity contribution in [3.05, 3.63) is 40.6 Å². The molecule has 5 nitrogen and oxygen atoms in total. The van der Waals surface area contributed by atoms with Crippen LogP contribution in [0.2, 0.25) is 0 Å². The molecular weight excluding hydrogens is 282 g/mol. The van der Waals surface area contributed by atoms with Crippen molar-refractivity contribution < 1.29 is 0 Å². The van der Waals surface area contributed by atoms with Crippen molar-refractivity contribution in [2.45, 2.75) is 32.7 Å². The van der Waals surface area contributed by atoms with E-state index in [1.165, 1.54) is 4.88 Å². The van der Waals surface area contributed by atoms with E-state index in [9.17, 15) is 0 Å². The van der Waals surface area contributed by atoms with Crippen molar-refractivity contribution in [3.63, 3.8) is 0 Å². The average Bonchev–Trinajstić information content (AvgIpc) is 3.11. The summed E-state index contributed by atoms with van der Waals surface area (Å²) in [5.41, 5.74) is 5.84. The number of unbranched alkanes of at least 4 members (excludes halogenated alkanes) is 1. The molecular formula is C15H23N5S. The topological polar surface area (TPSA) is 68.2 Å². The zero-order chi connectivity index (χ0) is 14.9. The van der Waals surface area contributed by atoms with Crippen LogP contribution in [-0.4, -0.2) is 28.6 Å². The molecule has 0 aliphatic rings. The third-order valence-electron chi connectivity index (χ3n) is 3.27. The summed E-state index contributed by atoms with van der Waals surface area (Å²) in [6.07, 6.45) is 6.96. The third-order valence-corrected chi connectivity index (χ3v) is 4.21. The predicted octanol–water partition coefficient (Wildman–Crippen LogP) is 2.18. The number of nitrogens with one attached hydrogen (secondary N) is 1. The second-order valence-electron chi connectivity index (χ2n) is 4.90. The number of nitrogens with zero attached hydrogens (tertiary/aromatic N) is 3. The Morgan fingerprint density at radius 3 is 3.10 bits per heavy atom. The summed E-state index contributed by atoms with van der Waals surface area (Å²) in [6, 6.07) is 4.21. The maximum absolute atomic E-state index is 5.84. The average molecular weight is 305 g/mol. The van der Waals surface area contributed by atoms with Crippen LogP contribution in [0.15, 0.2) is 34.9 Å². The molecule has 21 heavy (non-hydrogen) atoms. The van der Waals surface area contributed by atoms with Crippen molar-refractivity contribution in [1.82, 2.24) is 14.9 Å². The summed E-state index contributed by atoms with van der Waals surface area (Å²) < 4.78 is 2.16. The fourth-order valence-corrected chi connectivity index (χ4v) is 2.77. The van der Waals surface area contributed by atoms with Crippen LogP contribution in [0, 0.1) is 6.92 Å².